The first kappa shape index (κ1) is 15.3. The van der Waals surface area contributed by atoms with E-state index in [0.717, 1.165) is 17.0 Å². The Labute approximate surface area is 129 Å². The lowest BCUT2D eigenvalue weighted by atomic mass is 10.1. The van der Waals surface area contributed by atoms with Crippen molar-refractivity contribution in [3.05, 3.63) is 59.4 Å². The van der Waals surface area contributed by atoms with Crippen LogP contribution in [-0.2, 0) is 6.54 Å². The number of nitrogens with two attached hydrogens (primary N) is 1. The summed E-state index contributed by atoms with van der Waals surface area (Å²) in [6.45, 7) is 0.583. The van der Waals surface area contributed by atoms with Crippen molar-refractivity contribution < 1.29 is 9.13 Å². The summed E-state index contributed by atoms with van der Waals surface area (Å²) in [5.41, 5.74) is 8.15. The van der Waals surface area contributed by atoms with Crippen molar-refractivity contribution in [2.24, 2.45) is 5.73 Å². The van der Waals surface area contributed by atoms with Crippen molar-refractivity contribution in [2.45, 2.75) is 6.54 Å². The van der Waals surface area contributed by atoms with E-state index < -0.39 is 0 Å². The first-order chi connectivity index (χ1) is 10.0. The van der Waals surface area contributed by atoms with E-state index in [-0.39, 0.29) is 10.8 Å². The molecule has 0 unspecified atom stereocenters. The number of thiocarbonyl (C=S) groups is 1. The van der Waals surface area contributed by atoms with Crippen molar-refractivity contribution >= 4 is 22.9 Å². The molecule has 0 aliphatic rings. The zero-order chi connectivity index (χ0) is 15.4. The monoisotopic (exact) mass is 304 g/mol. The minimum Gasteiger partial charge on any atom is -0.497 e. The molecular formula is C16H17FN2OS. The van der Waals surface area contributed by atoms with Gasteiger partial charge < -0.3 is 15.4 Å². The van der Waals surface area contributed by atoms with Crippen molar-refractivity contribution in [3.63, 3.8) is 0 Å². The summed E-state index contributed by atoms with van der Waals surface area (Å²) < 4.78 is 18.4. The van der Waals surface area contributed by atoms with Crippen LogP contribution in [0.1, 0.15) is 11.1 Å². The van der Waals surface area contributed by atoms with Crippen LogP contribution in [-0.4, -0.2) is 19.1 Å². The average molecular weight is 304 g/mol. The maximum Gasteiger partial charge on any atom is 0.123 e. The minimum absolute atomic E-state index is 0.202. The molecule has 0 bridgehead atoms. The molecule has 0 spiro atoms. The van der Waals surface area contributed by atoms with E-state index in [1.807, 2.05) is 36.2 Å². The topological polar surface area (TPSA) is 38.5 Å². The van der Waals surface area contributed by atoms with Gasteiger partial charge in [0, 0.05) is 24.8 Å². The first-order valence-electron chi connectivity index (χ1n) is 6.44. The van der Waals surface area contributed by atoms with Crippen molar-refractivity contribution in [1.82, 2.24) is 0 Å². The molecule has 2 aromatic rings. The third-order valence-corrected chi connectivity index (χ3v) is 3.48. The van der Waals surface area contributed by atoms with Crippen LogP contribution in [0.25, 0.3) is 0 Å². The molecule has 110 valence electrons. The van der Waals surface area contributed by atoms with Gasteiger partial charge >= 0.3 is 0 Å². The average Bonchev–Trinajstić information content (AvgIpc) is 2.49. The van der Waals surface area contributed by atoms with Crippen molar-refractivity contribution in [3.8, 4) is 5.75 Å². The van der Waals surface area contributed by atoms with Gasteiger partial charge in [0.05, 0.1) is 7.11 Å². The lowest BCUT2D eigenvalue weighted by molar-refractivity contribution is 0.415. The Kier molecular flexibility index (Phi) is 4.75. The summed E-state index contributed by atoms with van der Waals surface area (Å²) in [7, 11) is 3.58. The Morgan fingerprint density at radius 2 is 1.90 bits per heavy atom. The lowest BCUT2D eigenvalue weighted by Gasteiger charge is -2.21. The summed E-state index contributed by atoms with van der Waals surface area (Å²) in [5, 5.41) is 0. The highest BCUT2D eigenvalue weighted by Crippen LogP contribution is 2.21. The first-order valence-corrected chi connectivity index (χ1v) is 6.85. The zero-order valence-electron chi connectivity index (χ0n) is 12.0. The van der Waals surface area contributed by atoms with E-state index in [9.17, 15) is 4.39 Å². The van der Waals surface area contributed by atoms with E-state index in [2.05, 4.69) is 0 Å². The molecule has 21 heavy (non-hydrogen) atoms. The molecule has 0 aliphatic heterocycles. The van der Waals surface area contributed by atoms with Gasteiger partial charge in [-0.2, -0.15) is 0 Å². The Morgan fingerprint density at radius 3 is 2.48 bits per heavy atom. The number of benzene rings is 2. The Bertz CT molecular complexity index is 643. The maximum atomic E-state index is 13.3. The predicted octanol–water partition coefficient (Wildman–Crippen LogP) is 3.10. The number of rotatable bonds is 5. The summed E-state index contributed by atoms with van der Waals surface area (Å²) in [6, 6.07) is 12.2. The molecular weight excluding hydrogens is 287 g/mol. The van der Waals surface area contributed by atoms with Gasteiger partial charge in [0.25, 0.3) is 0 Å². The van der Waals surface area contributed by atoms with Crippen LogP contribution in [0.5, 0.6) is 5.75 Å². The minimum atomic E-state index is -0.339. The maximum absolute atomic E-state index is 13.3. The molecule has 0 aromatic heterocycles. The number of methoxy groups -OCH3 is 1. The molecule has 0 saturated carbocycles. The highest BCUT2D eigenvalue weighted by Gasteiger charge is 2.10. The Balaban J connectivity index is 2.22. The quantitative estimate of drug-likeness (QED) is 0.862. The molecule has 5 heteroatoms. The van der Waals surface area contributed by atoms with E-state index in [4.69, 9.17) is 22.7 Å². The molecule has 0 heterocycles. The van der Waals surface area contributed by atoms with Crippen LogP contribution in [0.15, 0.2) is 42.5 Å². The van der Waals surface area contributed by atoms with Gasteiger partial charge in [0.15, 0.2) is 0 Å². The summed E-state index contributed by atoms with van der Waals surface area (Å²) in [5.74, 6) is 0.464. The Hall–Kier alpha value is -2.14. The van der Waals surface area contributed by atoms with Crippen molar-refractivity contribution in [2.75, 3.05) is 19.1 Å². The van der Waals surface area contributed by atoms with Gasteiger partial charge in [-0.25, -0.2) is 4.39 Å². The van der Waals surface area contributed by atoms with Gasteiger partial charge in [0.1, 0.15) is 16.6 Å². The van der Waals surface area contributed by atoms with Crippen LogP contribution in [0.3, 0.4) is 0 Å². The molecule has 0 aliphatic carbocycles. The lowest BCUT2D eigenvalue weighted by Crippen LogP contribution is -2.20. The van der Waals surface area contributed by atoms with E-state index in [0.29, 0.717) is 12.1 Å². The highest BCUT2D eigenvalue weighted by atomic mass is 32.1. The van der Waals surface area contributed by atoms with Crippen molar-refractivity contribution in [1.29, 1.82) is 0 Å². The molecule has 2 aromatic carbocycles. The van der Waals surface area contributed by atoms with Crippen LogP contribution in [0, 0.1) is 5.82 Å². The number of anilines is 1. The van der Waals surface area contributed by atoms with E-state index in [1.165, 1.54) is 12.1 Å². The van der Waals surface area contributed by atoms with Crippen LogP contribution >= 0.6 is 12.2 Å². The SMILES string of the molecule is COc1ccc(N(C)Cc2ccc(F)cc2C(N)=S)cc1. The summed E-state index contributed by atoms with van der Waals surface area (Å²) in [4.78, 5) is 2.24. The molecule has 0 fully saturated rings. The zero-order valence-corrected chi connectivity index (χ0v) is 12.8. The molecule has 0 radical (unpaired) electrons. The third kappa shape index (κ3) is 3.70. The van der Waals surface area contributed by atoms with E-state index >= 15 is 0 Å². The molecule has 0 atom stereocenters. The fourth-order valence-electron chi connectivity index (χ4n) is 2.10. The van der Waals surface area contributed by atoms with Gasteiger partial charge in [-0.1, -0.05) is 18.3 Å². The van der Waals surface area contributed by atoms with Gasteiger partial charge in [-0.05, 0) is 42.0 Å². The number of hydrogen-bond donors (Lipinski definition) is 1. The molecule has 0 amide bonds. The number of halogens is 1. The second kappa shape index (κ2) is 6.54. The van der Waals surface area contributed by atoms with Gasteiger partial charge in [-0.3, -0.25) is 0 Å². The normalized spacial score (nSPS) is 10.2. The number of nitrogens with zero attached hydrogens (tertiary/aromatic N) is 1. The second-order valence-corrected chi connectivity index (χ2v) is 5.16. The third-order valence-electron chi connectivity index (χ3n) is 3.26. The van der Waals surface area contributed by atoms with Crippen LogP contribution < -0.4 is 15.4 Å². The fraction of sp³-hybridized carbons (Fsp3) is 0.188. The second-order valence-electron chi connectivity index (χ2n) is 4.72. The highest BCUT2D eigenvalue weighted by molar-refractivity contribution is 7.80. The molecule has 0 saturated heterocycles. The summed E-state index contributed by atoms with van der Waals surface area (Å²) in [6.07, 6.45) is 0. The van der Waals surface area contributed by atoms with Crippen LogP contribution in [0.2, 0.25) is 0 Å². The Morgan fingerprint density at radius 1 is 1.24 bits per heavy atom. The number of hydrogen-bond acceptors (Lipinski definition) is 3. The van der Waals surface area contributed by atoms with Crippen LogP contribution in [0.4, 0.5) is 10.1 Å². The molecule has 2 N–H and O–H groups in total. The predicted molar refractivity (Wildman–Crippen MR) is 87.4 cm³/mol. The van der Waals surface area contributed by atoms with Gasteiger partial charge in [-0.15, -0.1) is 0 Å². The molecule has 2 rings (SSSR count). The smallest absolute Gasteiger partial charge is 0.123 e. The standard InChI is InChI=1S/C16H17FN2OS/c1-19(13-5-7-14(20-2)8-6-13)10-11-3-4-12(17)9-15(11)16(18)21/h3-9H,10H2,1-2H3,(H2,18,21). The van der Waals surface area contributed by atoms with E-state index in [1.54, 1.807) is 13.2 Å². The van der Waals surface area contributed by atoms with Gasteiger partial charge in [0.2, 0.25) is 0 Å². The summed E-state index contributed by atoms with van der Waals surface area (Å²) >= 11 is 4.99. The fourth-order valence-corrected chi connectivity index (χ4v) is 2.29. The number of ether oxygens (including phenoxy) is 1. The largest absolute Gasteiger partial charge is 0.497 e. The molecule has 3 nitrogen and oxygen atoms in total.